The number of aromatic nitrogens is 2. The fourth-order valence-electron chi connectivity index (χ4n) is 1.17. The van der Waals surface area contributed by atoms with Gasteiger partial charge in [0.25, 0.3) is 5.91 Å². The van der Waals surface area contributed by atoms with Crippen LogP contribution in [0, 0.1) is 5.92 Å². The summed E-state index contributed by atoms with van der Waals surface area (Å²) in [4.78, 5) is 11.7. The van der Waals surface area contributed by atoms with Crippen LogP contribution in [0.25, 0.3) is 0 Å². The lowest BCUT2D eigenvalue weighted by Gasteiger charge is -2.20. The molecule has 7 heteroatoms. The highest BCUT2D eigenvalue weighted by atomic mass is 16.6. The molecule has 0 aliphatic carbocycles. The fourth-order valence-corrected chi connectivity index (χ4v) is 1.17. The van der Waals surface area contributed by atoms with E-state index in [1.807, 2.05) is 13.8 Å². The second-order valence-electron chi connectivity index (χ2n) is 3.78. The van der Waals surface area contributed by atoms with E-state index in [9.17, 15) is 4.79 Å². The maximum Gasteiger partial charge on any atom is 0.277 e. The molecule has 0 saturated carbocycles. The van der Waals surface area contributed by atoms with Crippen LogP contribution in [0.1, 0.15) is 24.3 Å². The highest BCUT2D eigenvalue weighted by molar-refractivity contribution is 5.96. The van der Waals surface area contributed by atoms with Gasteiger partial charge < -0.3 is 15.8 Å². The Morgan fingerprint density at radius 1 is 1.56 bits per heavy atom. The third kappa shape index (κ3) is 2.93. The maximum absolute atomic E-state index is 11.7. The molecular formula is C9H16N4O3. The van der Waals surface area contributed by atoms with E-state index in [2.05, 4.69) is 20.3 Å². The third-order valence-corrected chi connectivity index (χ3v) is 2.20. The minimum Gasteiger partial charge on any atom is -0.383 e. The van der Waals surface area contributed by atoms with Crippen LogP contribution in [0.4, 0.5) is 5.82 Å². The van der Waals surface area contributed by atoms with Crippen LogP contribution < -0.4 is 11.1 Å². The molecule has 1 amide bonds. The van der Waals surface area contributed by atoms with Gasteiger partial charge in [0.05, 0.1) is 12.6 Å². The Bertz CT molecular complexity index is 350. The van der Waals surface area contributed by atoms with Gasteiger partial charge in [-0.2, -0.15) is 0 Å². The number of hydrogen-bond donors (Lipinski definition) is 2. The molecular weight excluding hydrogens is 212 g/mol. The monoisotopic (exact) mass is 228 g/mol. The van der Waals surface area contributed by atoms with Crippen LogP contribution >= 0.6 is 0 Å². The van der Waals surface area contributed by atoms with Gasteiger partial charge in [0.2, 0.25) is 11.5 Å². The van der Waals surface area contributed by atoms with Gasteiger partial charge in [-0.3, -0.25) is 4.79 Å². The summed E-state index contributed by atoms with van der Waals surface area (Å²) < 4.78 is 9.36. The molecule has 0 aromatic carbocycles. The van der Waals surface area contributed by atoms with E-state index in [-0.39, 0.29) is 23.5 Å². The van der Waals surface area contributed by atoms with Gasteiger partial charge in [-0.25, -0.2) is 4.63 Å². The minimum atomic E-state index is -0.408. The summed E-state index contributed by atoms with van der Waals surface area (Å²) in [6.07, 6.45) is 0. The van der Waals surface area contributed by atoms with Crippen molar-refractivity contribution in [2.45, 2.75) is 19.9 Å². The molecule has 1 aromatic rings. The van der Waals surface area contributed by atoms with Gasteiger partial charge >= 0.3 is 0 Å². The molecule has 0 spiro atoms. The first-order chi connectivity index (χ1) is 7.56. The molecule has 16 heavy (non-hydrogen) atoms. The number of ether oxygens (including phenoxy) is 1. The Kier molecular flexibility index (Phi) is 4.24. The van der Waals surface area contributed by atoms with E-state index >= 15 is 0 Å². The molecule has 7 nitrogen and oxygen atoms in total. The van der Waals surface area contributed by atoms with E-state index in [1.54, 1.807) is 7.11 Å². The van der Waals surface area contributed by atoms with Crippen molar-refractivity contribution in [1.29, 1.82) is 0 Å². The van der Waals surface area contributed by atoms with Crippen LogP contribution in [0.15, 0.2) is 4.63 Å². The topological polar surface area (TPSA) is 103 Å². The summed E-state index contributed by atoms with van der Waals surface area (Å²) >= 11 is 0. The second kappa shape index (κ2) is 5.45. The summed E-state index contributed by atoms with van der Waals surface area (Å²) in [6, 6.07) is -0.103. The minimum absolute atomic E-state index is 0.00162. The second-order valence-corrected chi connectivity index (χ2v) is 3.78. The van der Waals surface area contributed by atoms with Crippen LogP contribution in [-0.4, -0.2) is 36.0 Å². The van der Waals surface area contributed by atoms with E-state index in [1.165, 1.54) is 0 Å². The van der Waals surface area contributed by atoms with Crippen LogP contribution in [-0.2, 0) is 4.74 Å². The zero-order valence-electron chi connectivity index (χ0n) is 9.56. The third-order valence-electron chi connectivity index (χ3n) is 2.20. The zero-order valence-corrected chi connectivity index (χ0v) is 9.56. The Morgan fingerprint density at radius 2 is 2.25 bits per heavy atom. The standard InChI is InChI=1S/C9H16N4O3/c1-5(2)6(4-15-3)11-9(14)7-8(10)13-16-12-7/h5-6H,4H2,1-3H3,(H2,10,13)(H,11,14). The Labute approximate surface area is 93.3 Å². The van der Waals surface area contributed by atoms with Gasteiger partial charge in [-0.15, -0.1) is 0 Å². The quantitative estimate of drug-likeness (QED) is 0.738. The zero-order chi connectivity index (χ0) is 12.1. The van der Waals surface area contributed by atoms with Gasteiger partial charge in [-0.05, 0) is 16.2 Å². The molecule has 3 N–H and O–H groups in total. The lowest BCUT2D eigenvalue weighted by atomic mass is 10.1. The van der Waals surface area contributed by atoms with Crippen molar-refractivity contribution >= 4 is 11.7 Å². The lowest BCUT2D eigenvalue weighted by Crippen LogP contribution is -2.42. The summed E-state index contributed by atoms with van der Waals surface area (Å²) in [6.45, 7) is 4.39. The first-order valence-electron chi connectivity index (χ1n) is 4.94. The smallest absolute Gasteiger partial charge is 0.277 e. The first-order valence-corrected chi connectivity index (χ1v) is 4.94. The number of rotatable bonds is 5. The number of methoxy groups -OCH3 is 1. The van der Waals surface area contributed by atoms with Crippen molar-refractivity contribution in [3.63, 3.8) is 0 Å². The Balaban J connectivity index is 2.65. The average molecular weight is 228 g/mol. The first kappa shape index (κ1) is 12.4. The van der Waals surface area contributed by atoms with Crippen molar-refractivity contribution in [1.82, 2.24) is 15.6 Å². The van der Waals surface area contributed by atoms with E-state index in [4.69, 9.17) is 10.5 Å². The van der Waals surface area contributed by atoms with Gasteiger partial charge in [-0.1, -0.05) is 13.8 Å². The van der Waals surface area contributed by atoms with E-state index < -0.39 is 5.91 Å². The Hall–Kier alpha value is -1.63. The number of nitrogen functional groups attached to an aromatic ring is 1. The summed E-state index contributed by atoms with van der Waals surface area (Å²) in [5.41, 5.74) is 5.41. The molecule has 0 saturated heterocycles. The number of nitrogens with one attached hydrogen (secondary N) is 1. The maximum atomic E-state index is 11.7. The van der Waals surface area contributed by atoms with Gasteiger partial charge in [0.15, 0.2) is 0 Å². The molecule has 1 unspecified atom stereocenters. The molecule has 1 atom stereocenters. The summed E-state index contributed by atoms with van der Waals surface area (Å²) in [7, 11) is 1.58. The highest BCUT2D eigenvalue weighted by Gasteiger charge is 2.21. The molecule has 90 valence electrons. The van der Waals surface area contributed by atoms with Crippen LogP contribution in [0.3, 0.4) is 0 Å². The van der Waals surface area contributed by atoms with Gasteiger partial charge in [0.1, 0.15) is 0 Å². The van der Waals surface area contributed by atoms with Crippen molar-refractivity contribution < 1.29 is 14.2 Å². The SMILES string of the molecule is COCC(NC(=O)c1nonc1N)C(C)C. The molecule has 1 heterocycles. The number of anilines is 1. The predicted octanol–water partition coefficient (Wildman–Crippen LogP) is 0.0526. The number of carbonyl (C=O) groups is 1. The molecule has 0 radical (unpaired) electrons. The number of nitrogens with zero attached hydrogens (tertiary/aromatic N) is 2. The molecule has 1 rings (SSSR count). The molecule has 0 aliphatic rings. The van der Waals surface area contributed by atoms with E-state index in [0.29, 0.717) is 6.61 Å². The number of amides is 1. The van der Waals surface area contributed by atoms with Crippen molar-refractivity contribution in [3.8, 4) is 0 Å². The van der Waals surface area contributed by atoms with Crippen molar-refractivity contribution in [3.05, 3.63) is 5.69 Å². The molecule has 1 aromatic heterocycles. The fraction of sp³-hybridized carbons (Fsp3) is 0.667. The average Bonchev–Trinajstić information content (AvgIpc) is 2.63. The lowest BCUT2D eigenvalue weighted by molar-refractivity contribution is 0.0857. The summed E-state index contributed by atoms with van der Waals surface area (Å²) in [5.74, 6) is -0.183. The van der Waals surface area contributed by atoms with Crippen molar-refractivity contribution in [2.75, 3.05) is 19.5 Å². The van der Waals surface area contributed by atoms with Gasteiger partial charge in [0, 0.05) is 7.11 Å². The summed E-state index contributed by atoms with van der Waals surface area (Å²) in [5, 5.41) is 9.51. The largest absolute Gasteiger partial charge is 0.383 e. The number of nitrogens with two attached hydrogens (primary N) is 1. The molecule has 0 fully saturated rings. The van der Waals surface area contributed by atoms with Crippen LogP contribution in [0.5, 0.6) is 0 Å². The van der Waals surface area contributed by atoms with Crippen LogP contribution in [0.2, 0.25) is 0 Å². The number of hydrogen-bond acceptors (Lipinski definition) is 6. The highest BCUT2D eigenvalue weighted by Crippen LogP contribution is 2.07. The van der Waals surface area contributed by atoms with Crippen molar-refractivity contribution in [2.24, 2.45) is 5.92 Å². The van der Waals surface area contributed by atoms with E-state index in [0.717, 1.165) is 0 Å². The predicted molar refractivity (Wildman–Crippen MR) is 56.7 cm³/mol. The normalized spacial score (nSPS) is 12.8. The molecule has 0 bridgehead atoms. The molecule has 0 aliphatic heterocycles. The number of carbonyl (C=O) groups excluding carboxylic acids is 1. The Morgan fingerprint density at radius 3 is 2.69 bits per heavy atom.